The molecule has 1 nitrogen and oxygen atoms in total. The Hall–Kier alpha value is -0.0100. The fourth-order valence-corrected chi connectivity index (χ4v) is 2.35. The van der Waals surface area contributed by atoms with E-state index in [1.807, 2.05) is 0 Å². The molecule has 0 bridgehead atoms. The molecule has 1 aliphatic rings. The molecular weight excluding hydrogens is 194 g/mol. The first kappa shape index (κ1) is 12.1. The highest BCUT2D eigenvalue weighted by atomic mass is 35.5. The number of hydrogen-bond acceptors (Lipinski definition) is 1. The third-order valence-corrected chi connectivity index (χ3v) is 3.37. The van der Waals surface area contributed by atoms with Crippen molar-refractivity contribution in [2.45, 2.75) is 45.6 Å². The minimum atomic E-state index is 0.659. The van der Waals surface area contributed by atoms with Crippen molar-refractivity contribution >= 4 is 11.6 Å². The maximum Gasteiger partial charge on any atom is 0.0310 e. The van der Waals surface area contributed by atoms with Crippen LogP contribution in [0.5, 0.6) is 0 Å². The van der Waals surface area contributed by atoms with Crippen molar-refractivity contribution in [2.24, 2.45) is 11.8 Å². The van der Waals surface area contributed by atoms with Gasteiger partial charge in [0.05, 0.1) is 0 Å². The quantitative estimate of drug-likeness (QED) is 0.757. The fraction of sp³-hybridized carbons (Fsp3) is 0.833. The molecule has 0 heterocycles. The molecule has 14 heavy (non-hydrogen) atoms. The lowest BCUT2D eigenvalue weighted by Crippen LogP contribution is -2.36. The lowest BCUT2D eigenvalue weighted by molar-refractivity contribution is 0.235. The third-order valence-electron chi connectivity index (χ3n) is 3.24. The van der Waals surface area contributed by atoms with E-state index in [9.17, 15) is 0 Å². The molecule has 0 aliphatic heterocycles. The minimum absolute atomic E-state index is 0.659. The van der Waals surface area contributed by atoms with Crippen LogP contribution < -0.4 is 5.32 Å². The van der Waals surface area contributed by atoms with Gasteiger partial charge in [0.15, 0.2) is 0 Å². The highest BCUT2D eigenvalue weighted by Gasteiger charge is 2.23. The lowest BCUT2D eigenvalue weighted by Gasteiger charge is -2.32. The van der Waals surface area contributed by atoms with Crippen LogP contribution in [0.2, 0.25) is 0 Å². The van der Waals surface area contributed by atoms with Gasteiger partial charge in [0.2, 0.25) is 0 Å². The normalized spacial score (nSPS) is 28.0. The maximum absolute atomic E-state index is 5.74. The summed E-state index contributed by atoms with van der Waals surface area (Å²) in [6, 6.07) is 0.659. The van der Waals surface area contributed by atoms with Crippen LogP contribution in [0.25, 0.3) is 0 Å². The van der Waals surface area contributed by atoms with Crippen LogP contribution in [-0.2, 0) is 0 Å². The zero-order valence-corrected chi connectivity index (χ0v) is 10.1. The predicted molar refractivity (Wildman–Crippen MR) is 63.6 cm³/mol. The van der Waals surface area contributed by atoms with Crippen LogP contribution in [0.1, 0.15) is 39.5 Å². The van der Waals surface area contributed by atoms with Gasteiger partial charge in [0.25, 0.3) is 0 Å². The van der Waals surface area contributed by atoms with Crippen LogP contribution in [0.3, 0.4) is 0 Å². The van der Waals surface area contributed by atoms with Crippen molar-refractivity contribution in [1.82, 2.24) is 5.32 Å². The van der Waals surface area contributed by atoms with Crippen molar-refractivity contribution in [1.29, 1.82) is 0 Å². The van der Waals surface area contributed by atoms with Crippen molar-refractivity contribution in [3.05, 3.63) is 11.6 Å². The van der Waals surface area contributed by atoms with Gasteiger partial charge in [-0.2, -0.15) is 0 Å². The first-order valence-electron chi connectivity index (χ1n) is 5.66. The van der Waals surface area contributed by atoms with Gasteiger partial charge in [0, 0.05) is 17.6 Å². The first-order chi connectivity index (χ1) is 6.59. The molecule has 0 aromatic heterocycles. The zero-order valence-electron chi connectivity index (χ0n) is 9.35. The van der Waals surface area contributed by atoms with E-state index in [1.165, 1.54) is 25.7 Å². The van der Waals surface area contributed by atoms with E-state index in [4.69, 9.17) is 11.6 Å². The standard InChI is InChI=1S/C12H22ClN/c1-9(2)11-5-4-6-12(7-11)14-8-10(3)13/h9,11-12,14H,3-8H2,1-2H3. The van der Waals surface area contributed by atoms with Gasteiger partial charge < -0.3 is 5.32 Å². The third kappa shape index (κ3) is 4.02. The first-order valence-corrected chi connectivity index (χ1v) is 6.04. The second-order valence-electron chi connectivity index (χ2n) is 4.77. The Morgan fingerprint density at radius 1 is 1.50 bits per heavy atom. The summed E-state index contributed by atoms with van der Waals surface area (Å²) < 4.78 is 0. The summed E-state index contributed by atoms with van der Waals surface area (Å²) in [4.78, 5) is 0. The van der Waals surface area contributed by atoms with Gasteiger partial charge in [0.1, 0.15) is 0 Å². The van der Waals surface area contributed by atoms with E-state index >= 15 is 0 Å². The second kappa shape index (κ2) is 5.77. The molecule has 0 saturated heterocycles. The monoisotopic (exact) mass is 215 g/mol. The average Bonchev–Trinajstić information content (AvgIpc) is 2.15. The molecule has 1 saturated carbocycles. The molecule has 82 valence electrons. The molecular formula is C12H22ClN. The Kier molecular flexibility index (Phi) is 4.97. The molecule has 2 heteroatoms. The molecule has 0 radical (unpaired) electrons. The highest BCUT2D eigenvalue weighted by Crippen LogP contribution is 2.29. The zero-order chi connectivity index (χ0) is 10.6. The summed E-state index contributed by atoms with van der Waals surface area (Å²) in [6.45, 7) is 9.11. The van der Waals surface area contributed by atoms with Crippen LogP contribution in [0, 0.1) is 11.8 Å². The van der Waals surface area contributed by atoms with E-state index in [2.05, 4.69) is 25.7 Å². The maximum atomic E-state index is 5.74. The number of hydrogen-bond donors (Lipinski definition) is 1. The van der Waals surface area contributed by atoms with Gasteiger partial charge in [-0.25, -0.2) is 0 Å². The number of nitrogens with one attached hydrogen (secondary N) is 1. The van der Waals surface area contributed by atoms with Crippen molar-refractivity contribution in [3.63, 3.8) is 0 Å². The van der Waals surface area contributed by atoms with E-state index < -0.39 is 0 Å². The Labute approximate surface area is 92.9 Å². The van der Waals surface area contributed by atoms with Gasteiger partial charge in [-0.1, -0.05) is 44.9 Å². The minimum Gasteiger partial charge on any atom is -0.309 e. The second-order valence-corrected chi connectivity index (χ2v) is 5.30. The largest absolute Gasteiger partial charge is 0.309 e. The average molecular weight is 216 g/mol. The summed E-state index contributed by atoms with van der Waals surface area (Å²) >= 11 is 5.74. The van der Waals surface area contributed by atoms with Gasteiger partial charge in [-0.05, 0) is 24.7 Å². The van der Waals surface area contributed by atoms with E-state index in [0.717, 1.165) is 23.4 Å². The Balaban J connectivity index is 2.29. The van der Waals surface area contributed by atoms with Gasteiger partial charge >= 0.3 is 0 Å². The van der Waals surface area contributed by atoms with E-state index in [1.54, 1.807) is 0 Å². The molecule has 0 aromatic rings. The van der Waals surface area contributed by atoms with Crippen LogP contribution in [0.15, 0.2) is 11.6 Å². The topological polar surface area (TPSA) is 12.0 Å². The molecule has 1 fully saturated rings. The Morgan fingerprint density at radius 2 is 2.21 bits per heavy atom. The SMILES string of the molecule is C=C(Cl)CNC1CCCC(C(C)C)C1. The predicted octanol–water partition coefficient (Wildman–Crippen LogP) is 3.54. The fourth-order valence-electron chi connectivity index (χ4n) is 2.27. The molecule has 2 unspecified atom stereocenters. The molecule has 1 N–H and O–H groups in total. The number of halogens is 1. The smallest absolute Gasteiger partial charge is 0.0310 e. The van der Waals surface area contributed by atoms with Crippen molar-refractivity contribution in [2.75, 3.05) is 6.54 Å². The molecule has 0 amide bonds. The van der Waals surface area contributed by atoms with E-state index in [0.29, 0.717) is 6.04 Å². The van der Waals surface area contributed by atoms with Crippen LogP contribution in [-0.4, -0.2) is 12.6 Å². The summed E-state index contributed by atoms with van der Waals surface area (Å²) in [5.41, 5.74) is 0. The lowest BCUT2D eigenvalue weighted by atomic mass is 9.79. The van der Waals surface area contributed by atoms with Crippen molar-refractivity contribution < 1.29 is 0 Å². The highest BCUT2D eigenvalue weighted by molar-refractivity contribution is 6.29. The summed E-state index contributed by atoms with van der Waals surface area (Å²) in [5.74, 6) is 1.71. The molecule has 1 aliphatic carbocycles. The summed E-state index contributed by atoms with van der Waals surface area (Å²) in [6.07, 6.45) is 5.36. The molecule has 0 spiro atoms. The van der Waals surface area contributed by atoms with Crippen LogP contribution in [0.4, 0.5) is 0 Å². The van der Waals surface area contributed by atoms with Crippen molar-refractivity contribution in [3.8, 4) is 0 Å². The van der Waals surface area contributed by atoms with Gasteiger partial charge in [-0.15, -0.1) is 0 Å². The molecule has 1 rings (SSSR count). The Morgan fingerprint density at radius 3 is 2.79 bits per heavy atom. The molecule has 2 atom stereocenters. The van der Waals surface area contributed by atoms with Gasteiger partial charge in [-0.3, -0.25) is 0 Å². The Bertz CT molecular complexity index is 189. The summed E-state index contributed by atoms with van der Waals surface area (Å²) in [5, 5.41) is 4.19. The van der Waals surface area contributed by atoms with Crippen LogP contribution >= 0.6 is 11.6 Å². The molecule has 0 aromatic carbocycles. The van der Waals surface area contributed by atoms with E-state index in [-0.39, 0.29) is 0 Å². The summed E-state index contributed by atoms with van der Waals surface area (Å²) in [7, 11) is 0. The number of rotatable bonds is 4.